The van der Waals surface area contributed by atoms with Crippen LogP contribution in [-0.4, -0.2) is 16.8 Å². The van der Waals surface area contributed by atoms with E-state index in [1.807, 2.05) is 18.2 Å². The van der Waals surface area contributed by atoms with Crippen LogP contribution in [0.2, 0.25) is 0 Å². The van der Waals surface area contributed by atoms with Crippen molar-refractivity contribution in [1.82, 2.24) is 10.7 Å². The standard InChI is InChI=1S/C15H14N4O4S/c20-19(21)12-4-2-1-3-11(12)17-18-15(24)16-8-10-5-6-13-14(7-10)23-9-22-13/h1-7,17H,8-9H2,(H2,16,18,24). The van der Waals surface area contributed by atoms with Gasteiger partial charge in [0.15, 0.2) is 16.6 Å². The molecule has 0 fully saturated rings. The van der Waals surface area contributed by atoms with E-state index in [0.29, 0.717) is 23.1 Å². The molecule has 0 atom stereocenters. The zero-order valence-electron chi connectivity index (χ0n) is 12.4. The lowest BCUT2D eigenvalue weighted by molar-refractivity contribution is -0.384. The Labute approximate surface area is 142 Å². The third-order valence-electron chi connectivity index (χ3n) is 3.30. The number of nitrogens with zero attached hydrogens (tertiary/aromatic N) is 1. The molecule has 0 unspecified atom stereocenters. The van der Waals surface area contributed by atoms with E-state index in [9.17, 15) is 10.1 Å². The predicted molar refractivity (Wildman–Crippen MR) is 91.9 cm³/mol. The highest BCUT2D eigenvalue weighted by Crippen LogP contribution is 2.32. The smallest absolute Gasteiger partial charge is 0.294 e. The van der Waals surface area contributed by atoms with Crippen molar-refractivity contribution >= 4 is 28.7 Å². The average molecular weight is 346 g/mol. The number of fused-ring (bicyclic) bond motifs is 1. The van der Waals surface area contributed by atoms with Crippen LogP contribution in [0.25, 0.3) is 0 Å². The minimum atomic E-state index is -0.465. The maximum Gasteiger partial charge on any atom is 0.294 e. The molecular formula is C15H14N4O4S. The van der Waals surface area contributed by atoms with Gasteiger partial charge in [0, 0.05) is 12.6 Å². The van der Waals surface area contributed by atoms with Gasteiger partial charge in [-0.25, -0.2) is 0 Å². The summed E-state index contributed by atoms with van der Waals surface area (Å²) in [7, 11) is 0. The lowest BCUT2D eigenvalue weighted by Crippen LogP contribution is -2.38. The van der Waals surface area contributed by atoms with Crippen LogP contribution in [0.3, 0.4) is 0 Å². The first kappa shape index (κ1) is 15.8. The monoisotopic (exact) mass is 346 g/mol. The van der Waals surface area contributed by atoms with Crippen LogP contribution in [0.5, 0.6) is 11.5 Å². The van der Waals surface area contributed by atoms with E-state index in [1.165, 1.54) is 6.07 Å². The molecule has 2 aromatic rings. The van der Waals surface area contributed by atoms with Gasteiger partial charge in [-0.15, -0.1) is 0 Å². The van der Waals surface area contributed by atoms with E-state index in [2.05, 4.69) is 16.2 Å². The van der Waals surface area contributed by atoms with Crippen LogP contribution in [0, 0.1) is 10.1 Å². The van der Waals surface area contributed by atoms with Crippen molar-refractivity contribution in [2.75, 3.05) is 12.2 Å². The number of rotatable bonds is 5. The lowest BCUT2D eigenvalue weighted by Gasteiger charge is -2.12. The van der Waals surface area contributed by atoms with Gasteiger partial charge >= 0.3 is 0 Å². The van der Waals surface area contributed by atoms with Gasteiger partial charge in [-0.1, -0.05) is 18.2 Å². The second kappa shape index (κ2) is 7.01. The number of hydrazine groups is 1. The second-order valence-electron chi connectivity index (χ2n) is 4.89. The molecule has 0 aliphatic carbocycles. The number of anilines is 1. The van der Waals surface area contributed by atoms with E-state index in [0.717, 1.165) is 11.3 Å². The number of nitrogens with one attached hydrogen (secondary N) is 3. The number of hydrogen-bond donors (Lipinski definition) is 3. The number of ether oxygens (including phenoxy) is 2. The van der Waals surface area contributed by atoms with Crippen molar-refractivity contribution in [2.24, 2.45) is 0 Å². The summed E-state index contributed by atoms with van der Waals surface area (Å²) in [5.41, 5.74) is 6.72. The van der Waals surface area contributed by atoms with Gasteiger partial charge in [0.25, 0.3) is 5.69 Å². The summed E-state index contributed by atoms with van der Waals surface area (Å²) < 4.78 is 10.6. The Hall–Kier alpha value is -3.07. The first-order valence-electron chi connectivity index (χ1n) is 7.05. The number of hydrogen-bond acceptors (Lipinski definition) is 6. The van der Waals surface area contributed by atoms with Gasteiger partial charge < -0.3 is 14.8 Å². The minimum Gasteiger partial charge on any atom is -0.454 e. The third-order valence-corrected chi connectivity index (χ3v) is 3.55. The molecule has 1 aliphatic heterocycles. The Bertz CT molecular complexity index is 784. The predicted octanol–water partition coefficient (Wildman–Crippen LogP) is 2.31. The van der Waals surface area contributed by atoms with Crippen molar-refractivity contribution in [1.29, 1.82) is 0 Å². The highest BCUT2D eigenvalue weighted by atomic mass is 32.1. The van der Waals surface area contributed by atoms with Gasteiger partial charge in [-0.2, -0.15) is 0 Å². The van der Waals surface area contributed by atoms with Crippen molar-refractivity contribution in [2.45, 2.75) is 6.54 Å². The maximum absolute atomic E-state index is 10.9. The van der Waals surface area contributed by atoms with E-state index in [4.69, 9.17) is 21.7 Å². The Morgan fingerprint density at radius 1 is 1.21 bits per heavy atom. The van der Waals surface area contributed by atoms with Crippen LogP contribution in [0.4, 0.5) is 11.4 Å². The maximum atomic E-state index is 10.9. The third kappa shape index (κ3) is 3.63. The Balaban J connectivity index is 1.52. The lowest BCUT2D eigenvalue weighted by atomic mass is 10.2. The number of nitro benzene ring substituents is 1. The first-order chi connectivity index (χ1) is 11.6. The quantitative estimate of drug-likeness (QED) is 0.431. The van der Waals surface area contributed by atoms with Crippen LogP contribution >= 0.6 is 12.2 Å². The number of benzene rings is 2. The number of thiocarbonyl (C=S) groups is 1. The van der Waals surface area contributed by atoms with Crippen molar-refractivity contribution in [3.8, 4) is 11.5 Å². The Morgan fingerprint density at radius 3 is 2.83 bits per heavy atom. The van der Waals surface area contributed by atoms with Gasteiger partial charge in [0.05, 0.1) is 4.92 Å². The molecular weight excluding hydrogens is 332 g/mol. The minimum absolute atomic E-state index is 0.0384. The van der Waals surface area contributed by atoms with Gasteiger partial charge in [-0.3, -0.25) is 21.0 Å². The summed E-state index contributed by atoms with van der Waals surface area (Å²) in [6.07, 6.45) is 0. The van der Waals surface area contributed by atoms with E-state index in [-0.39, 0.29) is 12.5 Å². The first-order valence-corrected chi connectivity index (χ1v) is 7.46. The van der Waals surface area contributed by atoms with E-state index < -0.39 is 4.92 Å². The molecule has 0 amide bonds. The Morgan fingerprint density at radius 2 is 2.00 bits per heavy atom. The van der Waals surface area contributed by atoms with Crippen molar-refractivity contribution < 1.29 is 14.4 Å². The van der Waals surface area contributed by atoms with Crippen LogP contribution < -0.4 is 25.6 Å². The van der Waals surface area contributed by atoms with Gasteiger partial charge in [0.1, 0.15) is 5.69 Å². The highest BCUT2D eigenvalue weighted by molar-refractivity contribution is 7.80. The zero-order chi connectivity index (χ0) is 16.9. The molecule has 0 bridgehead atoms. The second-order valence-corrected chi connectivity index (χ2v) is 5.30. The molecule has 0 saturated heterocycles. The molecule has 2 aromatic carbocycles. The molecule has 24 heavy (non-hydrogen) atoms. The molecule has 1 heterocycles. The molecule has 0 aromatic heterocycles. The van der Waals surface area contributed by atoms with Crippen molar-refractivity contribution in [3.63, 3.8) is 0 Å². The number of nitro groups is 1. The fraction of sp³-hybridized carbons (Fsp3) is 0.133. The molecule has 1 aliphatic rings. The Kier molecular flexibility index (Phi) is 4.62. The fourth-order valence-corrected chi connectivity index (χ4v) is 2.26. The summed E-state index contributed by atoms with van der Waals surface area (Å²) in [5, 5.41) is 14.2. The molecule has 0 radical (unpaired) electrons. The van der Waals surface area contributed by atoms with Crippen LogP contribution in [0.1, 0.15) is 5.56 Å². The van der Waals surface area contributed by atoms with Crippen molar-refractivity contribution in [3.05, 3.63) is 58.1 Å². The molecule has 124 valence electrons. The molecule has 3 rings (SSSR count). The molecule has 0 spiro atoms. The normalized spacial score (nSPS) is 11.7. The highest BCUT2D eigenvalue weighted by Gasteiger charge is 2.14. The summed E-state index contributed by atoms with van der Waals surface area (Å²) in [6.45, 7) is 0.701. The SMILES string of the molecule is O=[N+]([O-])c1ccccc1NNC(=S)NCc1ccc2c(c1)OCO2. The topological polar surface area (TPSA) is 97.7 Å². The molecule has 8 nitrogen and oxygen atoms in total. The van der Waals surface area contributed by atoms with E-state index >= 15 is 0 Å². The average Bonchev–Trinajstić information content (AvgIpc) is 3.06. The van der Waals surface area contributed by atoms with Gasteiger partial charge in [0.2, 0.25) is 6.79 Å². The molecule has 3 N–H and O–H groups in total. The summed E-state index contributed by atoms with van der Waals surface area (Å²) in [6, 6.07) is 11.9. The van der Waals surface area contributed by atoms with Crippen LogP contribution in [-0.2, 0) is 6.54 Å². The number of para-hydroxylation sites is 2. The zero-order valence-corrected chi connectivity index (χ0v) is 13.3. The molecule has 0 saturated carbocycles. The summed E-state index contributed by atoms with van der Waals surface area (Å²) in [4.78, 5) is 10.5. The summed E-state index contributed by atoms with van der Waals surface area (Å²) >= 11 is 5.15. The summed E-state index contributed by atoms with van der Waals surface area (Å²) in [5.74, 6) is 1.42. The van der Waals surface area contributed by atoms with Crippen LogP contribution in [0.15, 0.2) is 42.5 Å². The molecule has 9 heteroatoms. The van der Waals surface area contributed by atoms with E-state index in [1.54, 1.807) is 18.2 Å². The van der Waals surface area contributed by atoms with Gasteiger partial charge in [-0.05, 0) is 36.0 Å². The fourth-order valence-electron chi connectivity index (χ4n) is 2.14. The largest absolute Gasteiger partial charge is 0.454 e.